The number of primary amides is 1. The number of carbonyl (C=O) groups is 3. The molecule has 0 saturated heterocycles. The summed E-state index contributed by atoms with van der Waals surface area (Å²) >= 11 is 0.998. The molecular weight excluding hydrogens is 463 g/mol. The Labute approximate surface area is 199 Å². The lowest BCUT2D eigenvalue weighted by molar-refractivity contribution is -0.141. The third-order valence-corrected chi connectivity index (χ3v) is 5.80. The molecule has 1 atom stereocenters. The fourth-order valence-electron chi connectivity index (χ4n) is 2.99. The summed E-state index contributed by atoms with van der Waals surface area (Å²) in [6, 6.07) is 11.0. The van der Waals surface area contributed by atoms with Gasteiger partial charge < -0.3 is 25.8 Å². The van der Waals surface area contributed by atoms with E-state index in [2.05, 4.69) is 4.98 Å². The minimum atomic E-state index is -0.831. The maximum absolute atomic E-state index is 13.4. The highest BCUT2D eigenvalue weighted by Crippen LogP contribution is 2.36. The Morgan fingerprint density at radius 3 is 2.32 bits per heavy atom. The number of esters is 1. The van der Waals surface area contributed by atoms with E-state index in [0.717, 1.165) is 11.3 Å². The van der Waals surface area contributed by atoms with Gasteiger partial charge >= 0.3 is 5.97 Å². The van der Waals surface area contributed by atoms with Gasteiger partial charge in [-0.3, -0.25) is 14.4 Å². The Hall–Kier alpha value is -3.99. The van der Waals surface area contributed by atoms with E-state index < -0.39 is 23.7 Å². The molecule has 2 aromatic carbocycles. The number of ketones is 1. The SMILES string of the molecule is CC(=O)OCCOc1ccc(C(=O)c2sc(N(c3ccc(F)cc3)C(C)C(N)=O)nc2N)cc1. The van der Waals surface area contributed by atoms with Crippen molar-refractivity contribution in [2.24, 2.45) is 5.73 Å². The zero-order valence-electron chi connectivity index (χ0n) is 18.5. The predicted molar refractivity (Wildman–Crippen MR) is 126 cm³/mol. The highest BCUT2D eigenvalue weighted by molar-refractivity contribution is 7.18. The van der Waals surface area contributed by atoms with Gasteiger partial charge in [-0.25, -0.2) is 9.37 Å². The quantitative estimate of drug-likeness (QED) is 0.253. The lowest BCUT2D eigenvalue weighted by Crippen LogP contribution is -2.39. The first kappa shape index (κ1) is 24.6. The molecule has 0 radical (unpaired) electrons. The number of amides is 1. The second-order valence-corrected chi connectivity index (χ2v) is 8.16. The summed E-state index contributed by atoms with van der Waals surface area (Å²) in [5.41, 5.74) is 12.4. The molecule has 0 aliphatic heterocycles. The molecule has 178 valence electrons. The standard InChI is InChI=1S/C23H23FN4O5S/c1-13(22(26)31)28(17-7-5-16(24)6-8-17)23-27-21(25)20(34-23)19(30)15-3-9-18(10-4-15)33-12-11-32-14(2)29/h3-10,13H,11-12,25H2,1-2H3,(H2,26,31). The Morgan fingerprint density at radius 2 is 1.74 bits per heavy atom. The normalized spacial score (nSPS) is 11.5. The van der Waals surface area contributed by atoms with Crippen LogP contribution in [-0.4, -0.2) is 41.9 Å². The summed E-state index contributed by atoms with van der Waals surface area (Å²) in [6.45, 7) is 3.18. The van der Waals surface area contributed by atoms with Crippen LogP contribution in [-0.2, 0) is 14.3 Å². The van der Waals surface area contributed by atoms with E-state index in [1.165, 1.54) is 36.1 Å². The number of hydrogen-bond donors (Lipinski definition) is 2. The molecular formula is C23H23FN4O5S. The number of nitrogens with zero attached hydrogens (tertiary/aromatic N) is 2. The van der Waals surface area contributed by atoms with Crippen LogP contribution < -0.4 is 21.1 Å². The van der Waals surface area contributed by atoms with Crippen LogP contribution in [0.4, 0.5) is 21.0 Å². The van der Waals surface area contributed by atoms with Crippen molar-refractivity contribution in [3.63, 3.8) is 0 Å². The first-order valence-corrected chi connectivity index (χ1v) is 11.0. The van der Waals surface area contributed by atoms with Crippen molar-refractivity contribution in [2.45, 2.75) is 19.9 Å². The summed E-state index contributed by atoms with van der Waals surface area (Å²) in [6.07, 6.45) is 0. The van der Waals surface area contributed by atoms with Crippen LogP contribution >= 0.6 is 11.3 Å². The summed E-state index contributed by atoms with van der Waals surface area (Å²) in [4.78, 5) is 41.7. The van der Waals surface area contributed by atoms with Crippen molar-refractivity contribution in [2.75, 3.05) is 23.8 Å². The zero-order valence-corrected chi connectivity index (χ0v) is 19.3. The second-order valence-electron chi connectivity index (χ2n) is 7.18. The maximum Gasteiger partial charge on any atom is 0.302 e. The summed E-state index contributed by atoms with van der Waals surface area (Å²) in [7, 11) is 0. The van der Waals surface area contributed by atoms with E-state index in [-0.39, 0.29) is 34.8 Å². The van der Waals surface area contributed by atoms with Gasteiger partial charge in [-0.2, -0.15) is 0 Å². The number of thiazole rings is 1. The Bertz CT molecular complexity index is 1180. The molecule has 34 heavy (non-hydrogen) atoms. The summed E-state index contributed by atoms with van der Waals surface area (Å²) in [5.74, 6) is -1.33. The van der Waals surface area contributed by atoms with E-state index in [4.69, 9.17) is 20.9 Å². The molecule has 3 rings (SSSR count). The number of nitrogens with two attached hydrogens (primary N) is 2. The zero-order chi connectivity index (χ0) is 24.8. The fraction of sp³-hybridized carbons (Fsp3) is 0.217. The first-order chi connectivity index (χ1) is 16.2. The van der Waals surface area contributed by atoms with E-state index in [1.807, 2.05) is 0 Å². The number of benzene rings is 2. The van der Waals surface area contributed by atoms with Crippen LogP contribution in [0.15, 0.2) is 48.5 Å². The van der Waals surface area contributed by atoms with Crippen LogP contribution in [0, 0.1) is 5.82 Å². The van der Waals surface area contributed by atoms with E-state index in [0.29, 0.717) is 17.0 Å². The Morgan fingerprint density at radius 1 is 1.09 bits per heavy atom. The summed E-state index contributed by atoms with van der Waals surface area (Å²) < 4.78 is 23.7. The molecule has 1 unspecified atom stereocenters. The number of hydrogen-bond acceptors (Lipinski definition) is 9. The molecule has 3 aromatic rings. The van der Waals surface area contributed by atoms with Crippen LogP contribution in [0.3, 0.4) is 0 Å². The van der Waals surface area contributed by atoms with Gasteiger partial charge in [0.15, 0.2) is 5.13 Å². The van der Waals surface area contributed by atoms with Gasteiger partial charge in [0.05, 0.1) is 0 Å². The summed E-state index contributed by atoms with van der Waals surface area (Å²) in [5, 5.41) is 0.268. The van der Waals surface area contributed by atoms with Gasteiger partial charge in [-0.05, 0) is 55.5 Å². The largest absolute Gasteiger partial charge is 0.490 e. The van der Waals surface area contributed by atoms with Crippen molar-refractivity contribution in [3.05, 3.63) is 64.8 Å². The lowest BCUT2D eigenvalue weighted by Gasteiger charge is -2.26. The monoisotopic (exact) mass is 486 g/mol. The van der Waals surface area contributed by atoms with Gasteiger partial charge in [0, 0.05) is 18.2 Å². The number of anilines is 3. The third-order valence-electron chi connectivity index (χ3n) is 4.73. The van der Waals surface area contributed by atoms with Crippen LogP contribution in [0.1, 0.15) is 29.1 Å². The molecule has 1 aromatic heterocycles. The maximum atomic E-state index is 13.4. The van der Waals surface area contributed by atoms with E-state index in [1.54, 1.807) is 31.2 Å². The minimum absolute atomic E-state index is 0.00418. The number of aromatic nitrogens is 1. The molecule has 0 aliphatic carbocycles. The topological polar surface area (TPSA) is 138 Å². The van der Waals surface area contributed by atoms with Crippen molar-refractivity contribution in [3.8, 4) is 5.75 Å². The molecule has 11 heteroatoms. The molecule has 4 N–H and O–H groups in total. The van der Waals surface area contributed by atoms with Gasteiger partial charge in [-0.15, -0.1) is 0 Å². The molecule has 1 heterocycles. The average Bonchev–Trinajstić information content (AvgIpc) is 3.18. The smallest absolute Gasteiger partial charge is 0.302 e. The lowest BCUT2D eigenvalue weighted by atomic mass is 10.1. The highest BCUT2D eigenvalue weighted by Gasteiger charge is 2.27. The Kier molecular flexibility index (Phi) is 7.79. The van der Waals surface area contributed by atoms with Crippen molar-refractivity contribution >= 4 is 45.6 Å². The van der Waals surface area contributed by atoms with Gasteiger partial charge in [0.25, 0.3) is 0 Å². The number of ether oxygens (including phenoxy) is 2. The molecule has 0 fully saturated rings. The number of halogens is 1. The number of nitrogen functional groups attached to an aromatic ring is 1. The van der Waals surface area contributed by atoms with Gasteiger partial charge in [-0.1, -0.05) is 11.3 Å². The predicted octanol–water partition coefficient (Wildman–Crippen LogP) is 3.05. The molecule has 0 spiro atoms. The Balaban J connectivity index is 1.82. The van der Waals surface area contributed by atoms with Crippen molar-refractivity contribution < 1.29 is 28.2 Å². The molecule has 1 amide bonds. The van der Waals surface area contributed by atoms with Crippen LogP contribution in [0.25, 0.3) is 0 Å². The first-order valence-electron chi connectivity index (χ1n) is 10.2. The highest BCUT2D eigenvalue weighted by atomic mass is 32.1. The average molecular weight is 487 g/mol. The number of carbonyl (C=O) groups excluding carboxylic acids is 3. The third kappa shape index (κ3) is 5.87. The van der Waals surface area contributed by atoms with Crippen LogP contribution in [0.5, 0.6) is 5.75 Å². The van der Waals surface area contributed by atoms with Gasteiger partial charge in [0.2, 0.25) is 11.7 Å². The van der Waals surface area contributed by atoms with E-state index in [9.17, 15) is 18.8 Å². The van der Waals surface area contributed by atoms with Crippen LogP contribution in [0.2, 0.25) is 0 Å². The van der Waals surface area contributed by atoms with Gasteiger partial charge in [0.1, 0.15) is 41.5 Å². The fourth-order valence-corrected chi connectivity index (χ4v) is 4.04. The second kappa shape index (κ2) is 10.8. The van der Waals surface area contributed by atoms with Crippen molar-refractivity contribution in [1.82, 2.24) is 4.98 Å². The number of rotatable bonds is 10. The molecule has 0 saturated carbocycles. The molecule has 0 aliphatic rings. The molecule has 9 nitrogen and oxygen atoms in total. The molecule has 0 bridgehead atoms. The van der Waals surface area contributed by atoms with E-state index >= 15 is 0 Å². The minimum Gasteiger partial charge on any atom is -0.490 e. The van der Waals surface area contributed by atoms with Crippen molar-refractivity contribution in [1.29, 1.82) is 0 Å².